The van der Waals surface area contributed by atoms with Gasteiger partial charge in [0, 0.05) is 22.4 Å². The maximum atomic E-state index is 13.6. The van der Waals surface area contributed by atoms with E-state index in [-0.39, 0.29) is 18.3 Å². The number of nitrogens with one attached hydrogen (secondary N) is 1. The van der Waals surface area contributed by atoms with E-state index in [4.69, 9.17) is 4.74 Å². The van der Waals surface area contributed by atoms with Gasteiger partial charge in [-0.05, 0) is 18.2 Å². The van der Waals surface area contributed by atoms with E-state index >= 15 is 0 Å². The Morgan fingerprint density at radius 1 is 1.39 bits per heavy atom. The largest absolute Gasteiger partial charge is 0.455 e. The van der Waals surface area contributed by atoms with E-state index in [1.165, 1.54) is 41.7 Å². The molecule has 0 atom stereocenters. The lowest BCUT2D eigenvalue weighted by Crippen LogP contribution is -2.06. The molecule has 1 N–H and O–H groups in total. The first-order valence-electron chi connectivity index (χ1n) is 6.60. The molecule has 118 valence electrons. The smallest absolute Gasteiger partial charge is 0.348 e. The van der Waals surface area contributed by atoms with Crippen molar-refractivity contribution in [2.45, 2.75) is 13.5 Å². The predicted octanol–water partition coefficient (Wildman–Crippen LogP) is 3.81. The minimum absolute atomic E-state index is 0.00829. The molecule has 1 aromatic carbocycles. The van der Waals surface area contributed by atoms with Gasteiger partial charge in [-0.3, -0.25) is 4.79 Å². The second-order valence-corrected chi connectivity index (χ2v) is 6.61. The van der Waals surface area contributed by atoms with E-state index in [0.717, 1.165) is 0 Å². The lowest BCUT2D eigenvalue weighted by molar-refractivity contribution is -0.114. The van der Waals surface area contributed by atoms with Crippen LogP contribution in [0.4, 0.5) is 9.52 Å². The molecule has 0 spiro atoms. The number of hydrogen-bond donors (Lipinski definition) is 1. The van der Waals surface area contributed by atoms with Crippen molar-refractivity contribution in [3.05, 3.63) is 46.0 Å². The molecule has 2 aromatic heterocycles. The van der Waals surface area contributed by atoms with Crippen LogP contribution in [-0.2, 0) is 16.1 Å². The van der Waals surface area contributed by atoms with Gasteiger partial charge in [0.25, 0.3) is 0 Å². The van der Waals surface area contributed by atoms with E-state index in [1.54, 1.807) is 17.5 Å². The summed E-state index contributed by atoms with van der Waals surface area (Å²) in [7, 11) is 0. The second kappa shape index (κ2) is 6.43. The number of amides is 1. The molecule has 0 aliphatic carbocycles. The number of thiophene rings is 1. The van der Waals surface area contributed by atoms with Crippen molar-refractivity contribution in [1.82, 2.24) is 4.98 Å². The number of aromatic nitrogens is 1. The van der Waals surface area contributed by atoms with Crippen molar-refractivity contribution < 1.29 is 18.7 Å². The minimum Gasteiger partial charge on any atom is -0.455 e. The molecular formula is C15H11FN2O3S2. The molecule has 0 aliphatic heterocycles. The summed E-state index contributed by atoms with van der Waals surface area (Å²) in [5.74, 6) is -1.10. The Morgan fingerprint density at radius 3 is 2.96 bits per heavy atom. The summed E-state index contributed by atoms with van der Waals surface area (Å²) in [6.07, 6.45) is 0. The van der Waals surface area contributed by atoms with Gasteiger partial charge in [-0.1, -0.05) is 6.07 Å². The number of benzene rings is 1. The van der Waals surface area contributed by atoms with Gasteiger partial charge in [0.15, 0.2) is 5.13 Å². The third-order valence-electron chi connectivity index (χ3n) is 2.90. The SMILES string of the molecule is CC(=O)Nc1nc(COC(=O)c2cc3c(F)cccc3s2)cs1. The Bertz CT molecular complexity index is 888. The molecule has 5 nitrogen and oxygen atoms in total. The zero-order chi connectivity index (χ0) is 16.4. The summed E-state index contributed by atoms with van der Waals surface area (Å²) in [6, 6.07) is 6.19. The molecule has 0 bridgehead atoms. The van der Waals surface area contributed by atoms with E-state index in [1.807, 2.05) is 0 Å². The van der Waals surface area contributed by atoms with Gasteiger partial charge in [0.2, 0.25) is 5.91 Å². The van der Waals surface area contributed by atoms with Crippen LogP contribution in [0.1, 0.15) is 22.3 Å². The van der Waals surface area contributed by atoms with Crippen molar-refractivity contribution in [1.29, 1.82) is 0 Å². The van der Waals surface area contributed by atoms with Gasteiger partial charge < -0.3 is 10.1 Å². The van der Waals surface area contributed by atoms with E-state index in [2.05, 4.69) is 10.3 Å². The molecule has 0 saturated carbocycles. The lowest BCUT2D eigenvalue weighted by atomic mass is 10.2. The Balaban J connectivity index is 1.67. The first-order chi connectivity index (χ1) is 11.0. The van der Waals surface area contributed by atoms with Gasteiger partial charge in [0.05, 0.1) is 5.69 Å². The zero-order valence-corrected chi connectivity index (χ0v) is 13.6. The highest BCUT2D eigenvalue weighted by molar-refractivity contribution is 7.20. The fraction of sp³-hybridized carbons (Fsp3) is 0.133. The average Bonchev–Trinajstić information content (AvgIpc) is 3.11. The quantitative estimate of drug-likeness (QED) is 0.727. The maximum Gasteiger partial charge on any atom is 0.348 e. The summed E-state index contributed by atoms with van der Waals surface area (Å²) in [5.41, 5.74) is 0.541. The van der Waals surface area contributed by atoms with Crippen LogP contribution in [0.15, 0.2) is 29.6 Å². The molecule has 0 fully saturated rings. The topological polar surface area (TPSA) is 68.3 Å². The molecule has 2 heterocycles. The molecular weight excluding hydrogens is 339 g/mol. The summed E-state index contributed by atoms with van der Waals surface area (Å²) < 4.78 is 19.5. The summed E-state index contributed by atoms with van der Waals surface area (Å²) in [4.78, 5) is 27.4. The van der Waals surface area contributed by atoms with Crippen LogP contribution < -0.4 is 5.32 Å². The van der Waals surface area contributed by atoms with E-state index in [0.29, 0.717) is 25.8 Å². The standard InChI is InChI=1S/C15H11FN2O3S2/c1-8(19)17-15-18-9(7-22-15)6-21-14(20)13-5-10-11(16)3-2-4-12(10)23-13/h2-5,7H,6H2,1H3,(H,17,18,19). The number of thiazole rings is 1. The fourth-order valence-electron chi connectivity index (χ4n) is 1.92. The van der Waals surface area contributed by atoms with Crippen molar-refractivity contribution in [2.75, 3.05) is 5.32 Å². The second-order valence-electron chi connectivity index (χ2n) is 4.66. The van der Waals surface area contributed by atoms with E-state index < -0.39 is 5.97 Å². The van der Waals surface area contributed by atoms with Crippen molar-refractivity contribution in [2.24, 2.45) is 0 Å². The van der Waals surface area contributed by atoms with Crippen LogP contribution in [0.2, 0.25) is 0 Å². The molecule has 0 saturated heterocycles. The first kappa shape index (κ1) is 15.6. The summed E-state index contributed by atoms with van der Waals surface area (Å²) in [5, 5.41) is 5.11. The summed E-state index contributed by atoms with van der Waals surface area (Å²) >= 11 is 2.43. The lowest BCUT2D eigenvalue weighted by Gasteiger charge is -2.00. The van der Waals surface area contributed by atoms with Crippen molar-refractivity contribution in [3.8, 4) is 0 Å². The number of carbonyl (C=O) groups excluding carboxylic acids is 2. The number of fused-ring (bicyclic) bond motifs is 1. The highest BCUT2D eigenvalue weighted by atomic mass is 32.1. The van der Waals surface area contributed by atoms with Crippen LogP contribution in [0.25, 0.3) is 10.1 Å². The van der Waals surface area contributed by atoms with Crippen LogP contribution >= 0.6 is 22.7 Å². The van der Waals surface area contributed by atoms with Crippen LogP contribution in [-0.4, -0.2) is 16.9 Å². The van der Waals surface area contributed by atoms with Crippen LogP contribution in [0.3, 0.4) is 0 Å². The molecule has 0 unspecified atom stereocenters. The molecule has 23 heavy (non-hydrogen) atoms. The van der Waals surface area contributed by atoms with Gasteiger partial charge in [-0.15, -0.1) is 22.7 Å². The predicted molar refractivity (Wildman–Crippen MR) is 87.3 cm³/mol. The zero-order valence-electron chi connectivity index (χ0n) is 12.0. The van der Waals surface area contributed by atoms with Crippen LogP contribution in [0, 0.1) is 5.82 Å². The van der Waals surface area contributed by atoms with Gasteiger partial charge in [0.1, 0.15) is 17.3 Å². The fourth-order valence-corrected chi connectivity index (χ4v) is 3.63. The van der Waals surface area contributed by atoms with E-state index in [9.17, 15) is 14.0 Å². The van der Waals surface area contributed by atoms with Crippen LogP contribution in [0.5, 0.6) is 0 Å². The molecule has 3 aromatic rings. The Hall–Kier alpha value is -2.32. The number of halogens is 1. The first-order valence-corrected chi connectivity index (χ1v) is 8.30. The molecule has 3 rings (SSSR count). The number of esters is 1. The van der Waals surface area contributed by atoms with Gasteiger partial charge >= 0.3 is 5.97 Å². The highest BCUT2D eigenvalue weighted by Gasteiger charge is 2.14. The van der Waals surface area contributed by atoms with Crippen molar-refractivity contribution in [3.63, 3.8) is 0 Å². The Labute approximate surface area is 138 Å². The van der Waals surface area contributed by atoms with Gasteiger partial charge in [-0.2, -0.15) is 0 Å². The number of anilines is 1. The normalized spacial score (nSPS) is 10.7. The molecule has 1 amide bonds. The number of rotatable bonds is 4. The average molecular weight is 350 g/mol. The monoisotopic (exact) mass is 350 g/mol. The number of hydrogen-bond acceptors (Lipinski definition) is 6. The molecule has 8 heteroatoms. The third kappa shape index (κ3) is 3.54. The Morgan fingerprint density at radius 2 is 2.22 bits per heavy atom. The summed E-state index contributed by atoms with van der Waals surface area (Å²) in [6.45, 7) is 1.38. The number of carbonyl (C=O) groups is 2. The molecule has 0 aliphatic rings. The molecule has 0 radical (unpaired) electrons. The van der Waals surface area contributed by atoms with Gasteiger partial charge in [-0.25, -0.2) is 14.2 Å². The Kier molecular flexibility index (Phi) is 4.35. The minimum atomic E-state index is -0.528. The third-order valence-corrected chi connectivity index (χ3v) is 4.78. The highest BCUT2D eigenvalue weighted by Crippen LogP contribution is 2.28. The number of nitrogens with zero attached hydrogens (tertiary/aromatic N) is 1. The van der Waals surface area contributed by atoms with Crippen molar-refractivity contribution >= 4 is 49.8 Å². The maximum absolute atomic E-state index is 13.6. The number of ether oxygens (including phenoxy) is 1.